The lowest BCUT2D eigenvalue weighted by molar-refractivity contribution is 0.310. The average Bonchev–Trinajstić information content (AvgIpc) is 2.77. The Balaban J connectivity index is 1.57. The van der Waals surface area contributed by atoms with Crippen LogP contribution in [0.1, 0.15) is 81.4 Å². The molecule has 2 aromatic rings. The van der Waals surface area contributed by atoms with Crippen molar-refractivity contribution in [3.8, 4) is 5.75 Å². The van der Waals surface area contributed by atoms with E-state index in [9.17, 15) is 13.2 Å². The predicted octanol–water partition coefficient (Wildman–Crippen LogP) is 8.22. The Kier molecular flexibility index (Phi) is 8.62. The molecule has 168 valence electrons. The second-order valence-corrected chi connectivity index (χ2v) is 8.50. The molecule has 0 spiro atoms. The molecule has 0 radical (unpaired) electrons. The summed E-state index contributed by atoms with van der Waals surface area (Å²) in [6.07, 6.45) is 11.6. The van der Waals surface area contributed by atoms with Crippen molar-refractivity contribution in [1.82, 2.24) is 0 Å². The molecular formula is C27H33F3O. The number of allylic oxidation sites excluding steroid dienone is 1. The molecule has 1 nitrogen and oxygen atoms in total. The standard InChI is InChI=1S/C27H33F3O/c1-3-5-6-7-20-11-15-22(24(28)18-20)14-10-19-8-12-21(13-9-19)23-16-17-25(31-4-2)27(30)26(23)29/h10-11,14-19,21H,3-9,12-13H2,1-2H3/b14-10+. The molecule has 0 aliphatic heterocycles. The van der Waals surface area contributed by atoms with Gasteiger partial charge in [-0.2, -0.15) is 4.39 Å². The maximum atomic E-state index is 14.5. The maximum Gasteiger partial charge on any atom is 0.200 e. The average molecular weight is 431 g/mol. The summed E-state index contributed by atoms with van der Waals surface area (Å²) in [5.41, 5.74) is 2.10. The molecule has 0 saturated heterocycles. The molecule has 31 heavy (non-hydrogen) atoms. The van der Waals surface area contributed by atoms with Crippen molar-refractivity contribution in [1.29, 1.82) is 0 Å². The van der Waals surface area contributed by atoms with E-state index in [1.165, 1.54) is 12.5 Å². The highest BCUT2D eigenvalue weighted by atomic mass is 19.2. The zero-order valence-corrected chi connectivity index (χ0v) is 18.6. The number of rotatable bonds is 9. The molecule has 0 heterocycles. The lowest BCUT2D eigenvalue weighted by atomic mass is 9.78. The summed E-state index contributed by atoms with van der Waals surface area (Å²) in [4.78, 5) is 0. The number of unbranched alkanes of at least 4 members (excludes halogenated alkanes) is 2. The van der Waals surface area contributed by atoms with E-state index in [4.69, 9.17) is 4.74 Å². The number of hydrogen-bond donors (Lipinski definition) is 0. The minimum absolute atomic E-state index is 0.00830. The van der Waals surface area contributed by atoms with Gasteiger partial charge in [0.1, 0.15) is 5.82 Å². The molecule has 2 aromatic carbocycles. The third kappa shape index (κ3) is 6.15. The van der Waals surface area contributed by atoms with Gasteiger partial charge in [-0.05, 0) is 80.5 Å². The van der Waals surface area contributed by atoms with Crippen molar-refractivity contribution in [3.63, 3.8) is 0 Å². The van der Waals surface area contributed by atoms with Crippen LogP contribution in [0.2, 0.25) is 0 Å². The van der Waals surface area contributed by atoms with Crippen LogP contribution in [0.5, 0.6) is 5.75 Å². The Bertz CT molecular complexity index is 882. The minimum Gasteiger partial charge on any atom is -0.491 e. The third-order valence-corrected chi connectivity index (χ3v) is 6.27. The van der Waals surface area contributed by atoms with Crippen LogP contribution < -0.4 is 4.74 Å². The van der Waals surface area contributed by atoms with Gasteiger partial charge in [0.25, 0.3) is 0 Å². The summed E-state index contributed by atoms with van der Waals surface area (Å²) in [6.45, 7) is 4.21. The highest BCUT2D eigenvalue weighted by Gasteiger charge is 2.25. The number of benzene rings is 2. The van der Waals surface area contributed by atoms with Gasteiger partial charge in [0.05, 0.1) is 6.61 Å². The van der Waals surface area contributed by atoms with Crippen LogP contribution in [0.4, 0.5) is 13.2 Å². The van der Waals surface area contributed by atoms with E-state index in [2.05, 4.69) is 13.0 Å². The van der Waals surface area contributed by atoms with Gasteiger partial charge in [-0.3, -0.25) is 0 Å². The van der Waals surface area contributed by atoms with Crippen LogP contribution >= 0.6 is 0 Å². The van der Waals surface area contributed by atoms with E-state index >= 15 is 0 Å². The highest BCUT2D eigenvalue weighted by molar-refractivity contribution is 5.51. The highest BCUT2D eigenvalue weighted by Crippen LogP contribution is 2.39. The summed E-state index contributed by atoms with van der Waals surface area (Å²) in [7, 11) is 0. The van der Waals surface area contributed by atoms with E-state index in [1.807, 2.05) is 18.2 Å². The molecule has 4 heteroatoms. The van der Waals surface area contributed by atoms with Gasteiger partial charge in [-0.15, -0.1) is 0 Å². The van der Waals surface area contributed by atoms with E-state index in [0.29, 0.717) is 23.7 Å². The second-order valence-electron chi connectivity index (χ2n) is 8.50. The Labute approximate surface area is 184 Å². The predicted molar refractivity (Wildman–Crippen MR) is 121 cm³/mol. The van der Waals surface area contributed by atoms with Crippen molar-refractivity contribution in [2.75, 3.05) is 6.61 Å². The molecule has 1 aliphatic rings. The van der Waals surface area contributed by atoms with Gasteiger partial charge in [0.15, 0.2) is 11.6 Å². The maximum absolute atomic E-state index is 14.5. The normalized spacial score (nSPS) is 19.1. The first kappa shape index (κ1) is 23.4. The number of aryl methyl sites for hydroxylation is 1. The third-order valence-electron chi connectivity index (χ3n) is 6.27. The van der Waals surface area contributed by atoms with Crippen molar-refractivity contribution in [2.24, 2.45) is 5.92 Å². The van der Waals surface area contributed by atoms with Gasteiger partial charge < -0.3 is 4.74 Å². The zero-order valence-electron chi connectivity index (χ0n) is 18.6. The molecule has 0 atom stereocenters. The second kappa shape index (κ2) is 11.4. The SMILES string of the molecule is CCCCCc1ccc(/C=C/C2CCC(c3ccc(OCC)c(F)c3F)CC2)c(F)c1. The fourth-order valence-electron chi connectivity index (χ4n) is 4.43. The molecule has 0 amide bonds. The van der Waals surface area contributed by atoms with E-state index < -0.39 is 11.6 Å². The minimum atomic E-state index is -0.894. The zero-order chi connectivity index (χ0) is 22.2. The van der Waals surface area contributed by atoms with Gasteiger partial charge in [-0.25, -0.2) is 8.78 Å². The van der Waals surface area contributed by atoms with Crippen molar-refractivity contribution < 1.29 is 17.9 Å². The van der Waals surface area contributed by atoms with Gasteiger partial charge in [0, 0.05) is 5.56 Å². The molecule has 0 N–H and O–H groups in total. The lowest BCUT2D eigenvalue weighted by Crippen LogP contribution is -2.14. The summed E-state index contributed by atoms with van der Waals surface area (Å²) in [5, 5.41) is 0. The molecule has 3 rings (SSSR count). The first-order valence-electron chi connectivity index (χ1n) is 11.6. The first-order valence-corrected chi connectivity index (χ1v) is 11.6. The molecule has 0 unspecified atom stereocenters. The topological polar surface area (TPSA) is 9.23 Å². The van der Waals surface area contributed by atoms with Crippen molar-refractivity contribution in [3.05, 3.63) is 70.5 Å². The number of hydrogen-bond acceptors (Lipinski definition) is 1. The molecular weight excluding hydrogens is 397 g/mol. The quantitative estimate of drug-likeness (QED) is 0.364. The van der Waals surface area contributed by atoms with Crippen molar-refractivity contribution in [2.45, 2.75) is 71.1 Å². The first-order chi connectivity index (χ1) is 15.0. The molecule has 1 fully saturated rings. The van der Waals surface area contributed by atoms with Crippen LogP contribution in [0.25, 0.3) is 6.08 Å². The van der Waals surface area contributed by atoms with E-state index in [1.54, 1.807) is 19.1 Å². The van der Waals surface area contributed by atoms with Gasteiger partial charge in [-0.1, -0.05) is 50.1 Å². The van der Waals surface area contributed by atoms with Crippen LogP contribution in [0.3, 0.4) is 0 Å². The molecule has 0 bridgehead atoms. The largest absolute Gasteiger partial charge is 0.491 e. The smallest absolute Gasteiger partial charge is 0.200 e. The summed E-state index contributed by atoms with van der Waals surface area (Å²) in [5.74, 6) is -1.55. The Morgan fingerprint density at radius 1 is 0.935 bits per heavy atom. The van der Waals surface area contributed by atoms with Gasteiger partial charge >= 0.3 is 0 Å². The number of halogens is 3. The van der Waals surface area contributed by atoms with Crippen LogP contribution in [0, 0.1) is 23.4 Å². The fourth-order valence-corrected chi connectivity index (χ4v) is 4.43. The fraction of sp³-hybridized carbons (Fsp3) is 0.481. The van der Waals surface area contributed by atoms with Crippen LogP contribution in [-0.4, -0.2) is 6.61 Å². The molecule has 1 aliphatic carbocycles. The molecule has 0 aromatic heterocycles. The summed E-state index contributed by atoms with van der Waals surface area (Å²) < 4.78 is 48.3. The Hall–Kier alpha value is -2.23. The summed E-state index contributed by atoms with van der Waals surface area (Å²) >= 11 is 0. The monoisotopic (exact) mass is 430 g/mol. The number of ether oxygens (including phenoxy) is 1. The van der Waals surface area contributed by atoms with E-state index in [0.717, 1.165) is 50.5 Å². The lowest BCUT2D eigenvalue weighted by Gasteiger charge is -2.27. The van der Waals surface area contributed by atoms with E-state index in [-0.39, 0.29) is 17.5 Å². The summed E-state index contributed by atoms with van der Waals surface area (Å²) in [6, 6.07) is 8.70. The van der Waals surface area contributed by atoms with Gasteiger partial charge in [0.2, 0.25) is 5.82 Å². The van der Waals surface area contributed by atoms with Crippen LogP contribution in [0.15, 0.2) is 36.4 Å². The Morgan fingerprint density at radius 2 is 1.71 bits per heavy atom. The molecule has 1 saturated carbocycles. The van der Waals surface area contributed by atoms with Crippen LogP contribution in [-0.2, 0) is 6.42 Å². The van der Waals surface area contributed by atoms with Crippen molar-refractivity contribution >= 4 is 6.08 Å². The Morgan fingerprint density at radius 3 is 2.39 bits per heavy atom.